The quantitative estimate of drug-likeness (QED) is 0.143. The van der Waals surface area contributed by atoms with Gasteiger partial charge >= 0.3 is 17.9 Å². The topological polar surface area (TPSA) is 245 Å². The fourth-order valence-electron chi connectivity index (χ4n) is 1.95. The Balaban J connectivity index is 5.08. The molecule has 164 valence electrons. The Morgan fingerprint density at radius 3 is 1.83 bits per heavy atom. The third-order valence-corrected chi connectivity index (χ3v) is 3.56. The van der Waals surface area contributed by atoms with Crippen LogP contribution in [0.1, 0.15) is 26.2 Å². The van der Waals surface area contributed by atoms with Crippen molar-refractivity contribution in [1.82, 2.24) is 16.0 Å². The monoisotopic (exact) mass is 420 g/mol. The lowest BCUT2D eigenvalue weighted by molar-refractivity contribution is -0.147. The molecule has 29 heavy (non-hydrogen) atoms. The van der Waals surface area contributed by atoms with Gasteiger partial charge in [0, 0.05) is 6.42 Å². The molecule has 4 atom stereocenters. The number of carbonyl (C=O) groups is 6. The van der Waals surface area contributed by atoms with Gasteiger partial charge in [0.25, 0.3) is 0 Å². The van der Waals surface area contributed by atoms with Crippen LogP contribution in [0, 0.1) is 0 Å². The number of aliphatic hydroxyl groups is 1. The van der Waals surface area contributed by atoms with Gasteiger partial charge in [-0.05, 0) is 13.3 Å². The molecule has 0 aliphatic heterocycles. The van der Waals surface area contributed by atoms with Crippen molar-refractivity contribution in [2.45, 2.75) is 50.4 Å². The molecule has 0 aromatic rings. The van der Waals surface area contributed by atoms with Gasteiger partial charge in [-0.25, -0.2) is 4.79 Å². The van der Waals surface area contributed by atoms with Crippen molar-refractivity contribution in [1.29, 1.82) is 0 Å². The van der Waals surface area contributed by atoms with Crippen LogP contribution in [0.3, 0.4) is 0 Å². The van der Waals surface area contributed by atoms with Crippen LogP contribution in [-0.2, 0) is 28.8 Å². The van der Waals surface area contributed by atoms with Crippen molar-refractivity contribution >= 4 is 35.6 Å². The van der Waals surface area contributed by atoms with E-state index in [-0.39, 0.29) is 6.42 Å². The molecule has 0 rings (SSSR count). The van der Waals surface area contributed by atoms with Gasteiger partial charge in [-0.1, -0.05) is 0 Å². The minimum atomic E-state index is -1.73. The molecule has 0 saturated carbocycles. The van der Waals surface area contributed by atoms with Crippen LogP contribution in [0.2, 0.25) is 0 Å². The highest BCUT2D eigenvalue weighted by Gasteiger charge is 2.29. The summed E-state index contributed by atoms with van der Waals surface area (Å²) in [5.74, 6) is -7.22. The maximum absolute atomic E-state index is 12.3. The van der Waals surface area contributed by atoms with Gasteiger partial charge in [0.15, 0.2) is 0 Å². The first kappa shape index (κ1) is 25.7. The Morgan fingerprint density at radius 2 is 1.38 bits per heavy atom. The summed E-state index contributed by atoms with van der Waals surface area (Å²) >= 11 is 0. The zero-order valence-electron chi connectivity index (χ0n) is 15.5. The Hall–Kier alpha value is -3.26. The highest BCUT2D eigenvalue weighted by atomic mass is 16.4. The number of hydrogen-bond acceptors (Lipinski definition) is 8. The summed E-state index contributed by atoms with van der Waals surface area (Å²) in [5.41, 5.74) is 5.32. The average molecular weight is 420 g/mol. The first-order valence-electron chi connectivity index (χ1n) is 8.33. The molecule has 9 N–H and O–H groups in total. The van der Waals surface area contributed by atoms with E-state index >= 15 is 0 Å². The molecule has 14 heteroatoms. The molecule has 0 spiro atoms. The molecule has 0 aliphatic rings. The molecule has 0 heterocycles. The molecule has 0 radical (unpaired) electrons. The number of amides is 3. The highest BCUT2D eigenvalue weighted by Crippen LogP contribution is 2.01. The second kappa shape index (κ2) is 12.2. The summed E-state index contributed by atoms with van der Waals surface area (Å²) in [6, 6.07) is -5.83. The maximum atomic E-state index is 12.3. The predicted octanol–water partition coefficient (Wildman–Crippen LogP) is -3.80. The average Bonchev–Trinajstić information content (AvgIpc) is 2.62. The van der Waals surface area contributed by atoms with Crippen molar-refractivity contribution < 1.29 is 49.2 Å². The number of nitrogens with one attached hydrogen (secondary N) is 3. The summed E-state index contributed by atoms with van der Waals surface area (Å²) in [6.07, 6.45) is -1.75. The van der Waals surface area contributed by atoms with Crippen LogP contribution in [0.5, 0.6) is 0 Å². The van der Waals surface area contributed by atoms with Crippen LogP contribution >= 0.6 is 0 Å². The molecular formula is C15H24N4O10. The van der Waals surface area contributed by atoms with Crippen molar-refractivity contribution in [3.8, 4) is 0 Å². The number of carbonyl (C=O) groups excluding carboxylic acids is 3. The summed E-state index contributed by atoms with van der Waals surface area (Å²) in [7, 11) is 0. The maximum Gasteiger partial charge on any atom is 0.326 e. The molecule has 0 bridgehead atoms. The van der Waals surface area contributed by atoms with E-state index in [9.17, 15) is 28.8 Å². The zero-order valence-corrected chi connectivity index (χ0v) is 15.5. The third kappa shape index (κ3) is 10.0. The van der Waals surface area contributed by atoms with Gasteiger partial charge in [-0.3, -0.25) is 24.0 Å². The number of carboxylic acid groups (broad SMARTS) is 3. The van der Waals surface area contributed by atoms with Gasteiger partial charge in [0.05, 0.1) is 13.0 Å². The van der Waals surface area contributed by atoms with E-state index in [0.29, 0.717) is 0 Å². The Bertz CT molecular complexity index is 653. The van der Waals surface area contributed by atoms with Crippen LogP contribution in [0.15, 0.2) is 0 Å². The zero-order chi connectivity index (χ0) is 22.7. The fraction of sp³-hybridized carbons (Fsp3) is 0.600. The second-order valence-electron chi connectivity index (χ2n) is 6.01. The molecule has 14 nitrogen and oxygen atoms in total. The van der Waals surface area contributed by atoms with Gasteiger partial charge < -0.3 is 42.1 Å². The number of aliphatic carboxylic acids is 3. The number of hydrogen-bond donors (Lipinski definition) is 8. The highest BCUT2D eigenvalue weighted by molar-refractivity contribution is 5.94. The van der Waals surface area contributed by atoms with E-state index in [1.807, 2.05) is 5.32 Å². The summed E-state index contributed by atoms with van der Waals surface area (Å²) in [5, 5.41) is 41.4. The van der Waals surface area contributed by atoms with Crippen LogP contribution < -0.4 is 21.7 Å². The second-order valence-corrected chi connectivity index (χ2v) is 6.01. The first-order chi connectivity index (χ1) is 13.4. The van der Waals surface area contributed by atoms with Gasteiger partial charge in [0.1, 0.15) is 24.2 Å². The normalized spacial score (nSPS) is 14.6. The van der Waals surface area contributed by atoms with E-state index < -0.39 is 79.2 Å². The van der Waals surface area contributed by atoms with Crippen molar-refractivity contribution in [2.75, 3.05) is 6.61 Å². The summed E-state index contributed by atoms with van der Waals surface area (Å²) < 4.78 is 0. The SMILES string of the molecule is CC(NC(=O)C(CCC(=O)O)NC(=O)C(N)CO)C(=O)NC(CC(=O)O)C(=O)O. The number of carboxylic acids is 3. The van der Waals surface area contributed by atoms with E-state index in [4.69, 9.17) is 26.2 Å². The Labute approximate surface area is 164 Å². The van der Waals surface area contributed by atoms with Gasteiger partial charge in [-0.15, -0.1) is 0 Å². The molecule has 3 amide bonds. The third-order valence-electron chi connectivity index (χ3n) is 3.56. The van der Waals surface area contributed by atoms with Crippen LogP contribution in [0.25, 0.3) is 0 Å². The molecule has 0 aromatic carbocycles. The summed E-state index contributed by atoms with van der Waals surface area (Å²) in [4.78, 5) is 68.4. The Morgan fingerprint density at radius 1 is 0.828 bits per heavy atom. The van der Waals surface area contributed by atoms with Crippen LogP contribution in [0.4, 0.5) is 0 Å². The Kier molecular flexibility index (Phi) is 10.9. The van der Waals surface area contributed by atoms with E-state index in [0.717, 1.165) is 0 Å². The van der Waals surface area contributed by atoms with E-state index in [2.05, 4.69) is 10.6 Å². The number of nitrogens with two attached hydrogens (primary N) is 1. The van der Waals surface area contributed by atoms with Gasteiger partial charge in [-0.2, -0.15) is 0 Å². The summed E-state index contributed by atoms with van der Waals surface area (Å²) in [6.45, 7) is 0.445. The lowest BCUT2D eigenvalue weighted by Gasteiger charge is -2.22. The molecule has 0 saturated heterocycles. The van der Waals surface area contributed by atoms with E-state index in [1.54, 1.807) is 0 Å². The number of aliphatic hydroxyl groups excluding tert-OH is 1. The minimum Gasteiger partial charge on any atom is -0.481 e. The first-order valence-corrected chi connectivity index (χ1v) is 8.33. The molecule has 0 aromatic heterocycles. The smallest absolute Gasteiger partial charge is 0.326 e. The molecule has 4 unspecified atom stereocenters. The van der Waals surface area contributed by atoms with Gasteiger partial charge in [0.2, 0.25) is 17.7 Å². The lowest BCUT2D eigenvalue weighted by Crippen LogP contribution is -2.56. The van der Waals surface area contributed by atoms with Crippen molar-refractivity contribution in [3.05, 3.63) is 0 Å². The molecule has 0 aliphatic carbocycles. The molecular weight excluding hydrogens is 396 g/mol. The molecule has 0 fully saturated rings. The van der Waals surface area contributed by atoms with E-state index in [1.165, 1.54) is 6.92 Å². The lowest BCUT2D eigenvalue weighted by atomic mass is 10.1. The van der Waals surface area contributed by atoms with Crippen LogP contribution in [-0.4, -0.2) is 86.8 Å². The predicted molar refractivity (Wildman–Crippen MR) is 93.3 cm³/mol. The van der Waals surface area contributed by atoms with Crippen molar-refractivity contribution in [3.63, 3.8) is 0 Å². The minimum absolute atomic E-state index is 0.351. The van der Waals surface area contributed by atoms with Crippen molar-refractivity contribution in [2.24, 2.45) is 5.73 Å². The number of rotatable bonds is 13. The fourth-order valence-corrected chi connectivity index (χ4v) is 1.95. The largest absolute Gasteiger partial charge is 0.481 e. The standard InChI is InChI=1S/C15H24N4O10/c1-6(12(25)19-9(15(28)29)4-11(23)24)17-14(27)8(2-3-10(21)22)18-13(26)7(16)5-20/h6-9,20H,2-5,16H2,1H3,(H,17,27)(H,18,26)(H,19,25)(H,21,22)(H,23,24)(H,28,29).